The summed E-state index contributed by atoms with van der Waals surface area (Å²) in [6, 6.07) is 0. The predicted octanol–water partition coefficient (Wildman–Crippen LogP) is 3.20. The average Bonchev–Trinajstić information content (AvgIpc) is 2.45. The second kappa shape index (κ2) is 5.57. The van der Waals surface area contributed by atoms with Crippen LogP contribution in [0.15, 0.2) is 16.1 Å². The quantitative estimate of drug-likeness (QED) is 0.850. The first kappa shape index (κ1) is 10.9. The van der Waals surface area contributed by atoms with Gasteiger partial charge < -0.3 is 0 Å². The summed E-state index contributed by atoms with van der Waals surface area (Å²) in [4.78, 5) is 14.7. The van der Waals surface area contributed by atoms with Crippen molar-refractivity contribution in [3.8, 4) is 0 Å². The molecule has 0 saturated heterocycles. The fourth-order valence-electron chi connectivity index (χ4n) is 0.658. The lowest BCUT2D eigenvalue weighted by molar-refractivity contribution is -0.109. The number of nitrogens with zero attached hydrogens (tertiary/aromatic N) is 1. The highest BCUT2D eigenvalue weighted by Gasteiger charge is 1.94. The molecule has 0 aliphatic carbocycles. The molecular weight excluding hydrogens is 270 g/mol. The van der Waals surface area contributed by atoms with E-state index >= 15 is 0 Å². The van der Waals surface area contributed by atoms with Crippen molar-refractivity contribution in [1.82, 2.24) is 4.98 Å². The molecule has 0 fully saturated rings. The molecule has 5 heteroatoms. The molecule has 0 atom stereocenters. The fourth-order valence-corrected chi connectivity index (χ4v) is 2.27. The molecule has 70 valence electrons. The van der Waals surface area contributed by atoms with Gasteiger partial charge >= 0.3 is 0 Å². The van der Waals surface area contributed by atoms with Crippen molar-refractivity contribution >= 4 is 50.2 Å². The summed E-state index contributed by atoms with van der Waals surface area (Å²) in [5.41, 5.74) is 0. The Morgan fingerprint density at radius 2 is 2.62 bits per heavy atom. The maximum absolute atomic E-state index is 10.6. The van der Waals surface area contributed by atoms with E-state index in [1.807, 2.05) is 17.5 Å². The van der Waals surface area contributed by atoms with E-state index in [4.69, 9.17) is 0 Å². The van der Waals surface area contributed by atoms with Gasteiger partial charge in [-0.15, -0.1) is 11.3 Å². The van der Waals surface area contributed by atoms with Crippen molar-refractivity contribution in [1.29, 1.82) is 0 Å². The number of carbonyl (C=O) groups excluding carboxylic acids is 1. The molecule has 0 aliphatic heterocycles. The van der Waals surface area contributed by atoms with Gasteiger partial charge in [-0.25, -0.2) is 4.98 Å². The maximum atomic E-state index is 10.6. The van der Waals surface area contributed by atoms with Crippen LogP contribution in [-0.2, 0) is 4.79 Å². The molecule has 1 aromatic rings. The molecule has 13 heavy (non-hydrogen) atoms. The number of hydrogen-bond acceptors (Lipinski definition) is 4. The molecule has 0 amide bonds. The van der Waals surface area contributed by atoms with Gasteiger partial charge in [-0.3, -0.25) is 4.79 Å². The smallest absolute Gasteiger partial charge is 0.186 e. The number of hydrogen-bond donors (Lipinski definition) is 0. The van der Waals surface area contributed by atoms with Crippen LogP contribution < -0.4 is 0 Å². The van der Waals surface area contributed by atoms with Crippen molar-refractivity contribution in [2.75, 3.05) is 5.75 Å². The van der Waals surface area contributed by atoms with E-state index in [-0.39, 0.29) is 5.12 Å². The topological polar surface area (TPSA) is 30.0 Å². The van der Waals surface area contributed by atoms with Crippen LogP contribution in [-0.4, -0.2) is 15.9 Å². The third kappa shape index (κ3) is 4.59. The molecule has 0 radical (unpaired) electrons. The van der Waals surface area contributed by atoms with Crippen molar-refractivity contribution in [3.63, 3.8) is 0 Å². The first-order chi connectivity index (χ1) is 6.18. The SMILES string of the molecule is CC(=O)SCC=Cc1nc(Br)cs1. The average molecular weight is 278 g/mol. The Bertz CT molecular complexity index is 322. The van der Waals surface area contributed by atoms with E-state index in [0.717, 1.165) is 9.61 Å². The highest BCUT2D eigenvalue weighted by Crippen LogP contribution is 2.16. The molecule has 1 heterocycles. The zero-order valence-electron chi connectivity index (χ0n) is 6.99. The molecule has 1 aromatic heterocycles. The second-order valence-corrected chi connectivity index (χ2v) is 5.11. The van der Waals surface area contributed by atoms with E-state index in [9.17, 15) is 4.79 Å². The van der Waals surface area contributed by atoms with Crippen LogP contribution in [0.1, 0.15) is 11.9 Å². The van der Waals surface area contributed by atoms with Crippen LogP contribution in [0.2, 0.25) is 0 Å². The van der Waals surface area contributed by atoms with Crippen molar-refractivity contribution < 1.29 is 4.79 Å². The second-order valence-electron chi connectivity index (χ2n) is 2.21. The van der Waals surface area contributed by atoms with Crippen LogP contribution in [0.3, 0.4) is 0 Å². The minimum absolute atomic E-state index is 0.143. The molecule has 0 unspecified atom stereocenters. The normalized spacial score (nSPS) is 10.9. The third-order valence-corrected chi connectivity index (χ3v) is 3.42. The van der Waals surface area contributed by atoms with Gasteiger partial charge in [0, 0.05) is 18.1 Å². The fraction of sp³-hybridized carbons (Fsp3) is 0.250. The Kier molecular flexibility index (Phi) is 4.69. The maximum Gasteiger partial charge on any atom is 0.186 e. The van der Waals surface area contributed by atoms with E-state index < -0.39 is 0 Å². The van der Waals surface area contributed by atoms with E-state index in [2.05, 4.69) is 20.9 Å². The Morgan fingerprint density at radius 1 is 1.85 bits per heavy atom. The zero-order valence-corrected chi connectivity index (χ0v) is 10.2. The molecule has 0 spiro atoms. The first-order valence-electron chi connectivity index (χ1n) is 3.59. The third-order valence-electron chi connectivity index (χ3n) is 1.14. The Morgan fingerprint density at radius 3 is 3.15 bits per heavy atom. The molecule has 0 bridgehead atoms. The molecule has 0 saturated carbocycles. The van der Waals surface area contributed by atoms with Gasteiger partial charge in [0.2, 0.25) is 0 Å². The van der Waals surface area contributed by atoms with Crippen LogP contribution in [0.25, 0.3) is 6.08 Å². The molecule has 0 aromatic carbocycles. The summed E-state index contributed by atoms with van der Waals surface area (Å²) in [6.07, 6.45) is 3.86. The lowest BCUT2D eigenvalue weighted by atomic mass is 10.5. The van der Waals surface area contributed by atoms with Crippen LogP contribution in [0.4, 0.5) is 0 Å². The predicted molar refractivity (Wildman–Crippen MR) is 62.0 cm³/mol. The standard InChI is InChI=1S/C8H8BrNOS2/c1-6(11)12-4-2-3-8-10-7(9)5-13-8/h2-3,5H,4H2,1H3. The van der Waals surface area contributed by atoms with Crippen molar-refractivity contribution in [3.05, 3.63) is 21.1 Å². The lowest BCUT2D eigenvalue weighted by Gasteiger charge is -1.86. The summed E-state index contributed by atoms with van der Waals surface area (Å²) in [5.74, 6) is 0.715. The van der Waals surface area contributed by atoms with E-state index in [0.29, 0.717) is 5.75 Å². The van der Waals surface area contributed by atoms with Gasteiger partial charge in [-0.1, -0.05) is 17.8 Å². The van der Waals surface area contributed by atoms with Crippen LogP contribution in [0.5, 0.6) is 0 Å². The summed E-state index contributed by atoms with van der Waals surface area (Å²) < 4.78 is 0.858. The van der Waals surface area contributed by atoms with E-state index in [1.165, 1.54) is 11.8 Å². The Labute approximate surface area is 93.6 Å². The number of thioether (sulfide) groups is 1. The van der Waals surface area contributed by atoms with Crippen LogP contribution >= 0.6 is 39.0 Å². The molecule has 0 aliphatic rings. The van der Waals surface area contributed by atoms with Gasteiger partial charge in [0.05, 0.1) is 0 Å². The van der Waals surface area contributed by atoms with Gasteiger partial charge in [-0.2, -0.15) is 0 Å². The molecule has 0 N–H and O–H groups in total. The van der Waals surface area contributed by atoms with Gasteiger partial charge in [0.25, 0.3) is 0 Å². The summed E-state index contributed by atoms with van der Waals surface area (Å²) in [5, 5.41) is 3.03. The zero-order chi connectivity index (χ0) is 9.68. The minimum Gasteiger partial charge on any atom is -0.288 e. The highest BCUT2D eigenvalue weighted by atomic mass is 79.9. The van der Waals surface area contributed by atoms with Gasteiger partial charge in [-0.05, 0) is 22.0 Å². The number of rotatable bonds is 3. The monoisotopic (exact) mass is 277 g/mol. The number of thiazole rings is 1. The van der Waals surface area contributed by atoms with Crippen LogP contribution in [0, 0.1) is 0 Å². The summed E-state index contributed by atoms with van der Waals surface area (Å²) >= 11 is 6.14. The highest BCUT2D eigenvalue weighted by molar-refractivity contribution is 9.10. The van der Waals surface area contributed by atoms with Crippen molar-refractivity contribution in [2.24, 2.45) is 0 Å². The number of carbonyl (C=O) groups is 1. The lowest BCUT2D eigenvalue weighted by Crippen LogP contribution is -1.81. The first-order valence-corrected chi connectivity index (χ1v) is 6.25. The van der Waals surface area contributed by atoms with Gasteiger partial charge in [0.1, 0.15) is 9.61 Å². The Hall–Kier alpha value is -0.130. The summed E-state index contributed by atoms with van der Waals surface area (Å²) in [7, 11) is 0. The molecule has 1 rings (SSSR count). The molecule has 2 nitrogen and oxygen atoms in total. The summed E-state index contributed by atoms with van der Waals surface area (Å²) in [6.45, 7) is 1.57. The number of aromatic nitrogens is 1. The van der Waals surface area contributed by atoms with E-state index in [1.54, 1.807) is 18.3 Å². The van der Waals surface area contributed by atoms with Crippen molar-refractivity contribution in [2.45, 2.75) is 6.92 Å². The Balaban J connectivity index is 2.36. The minimum atomic E-state index is 0.143. The largest absolute Gasteiger partial charge is 0.288 e. The molecular formula is C8H8BrNOS2. The van der Waals surface area contributed by atoms with Gasteiger partial charge in [0.15, 0.2) is 5.12 Å². The number of halogens is 1.